The van der Waals surface area contributed by atoms with Crippen LogP contribution in [0.5, 0.6) is 0 Å². The van der Waals surface area contributed by atoms with E-state index in [4.69, 9.17) is 0 Å². The van der Waals surface area contributed by atoms with Crippen LogP contribution >= 0.6 is 0 Å². The predicted molar refractivity (Wildman–Crippen MR) is 89.5 cm³/mol. The lowest BCUT2D eigenvalue weighted by molar-refractivity contribution is 0.581. The first-order valence-electron chi connectivity index (χ1n) is 7.49. The molecule has 0 spiro atoms. The first-order valence-corrected chi connectivity index (χ1v) is 7.49. The van der Waals surface area contributed by atoms with Gasteiger partial charge in [0.25, 0.3) is 0 Å². The quantitative estimate of drug-likeness (QED) is 0.879. The molecule has 0 aliphatic rings. The van der Waals surface area contributed by atoms with Crippen molar-refractivity contribution >= 4 is 5.69 Å². The van der Waals surface area contributed by atoms with Gasteiger partial charge in [0.1, 0.15) is 0 Å². The van der Waals surface area contributed by atoms with Gasteiger partial charge in [0.05, 0.1) is 5.69 Å². The summed E-state index contributed by atoms with van der Waals surface area (Å²) in [4.78, 5) is 6.68. The normalized spacial score (nSPS) is 10.9. The monoisotopic (exact) mass is 283 g/mol. The van der Waals surface area contributed by atoms with Crippen molar-refractivity contribution in [1.82, 2.24) is 10.3 Å². The molecular weight excluding hydrogens is 258 g/mol. The van der Waals surface area contributed by atoms with Gasteiger partial charge in [-0.3, -0.25) is 4.98 Å². The van der Waals surface area contributed by atoms with E-state index in [1.54, 1.807) is 0 Å². The fourth-order valence-electron chi connectivity index (χ4n) is 2.28. The van der Waals surface area contributed by atoms with Gasteiger partial charge in [-0.05, 0) is 24.6 Å². The summed E-state index contributed by atoms with van der Waals surface area (Å²) < 4.78 is 0. The summed E-state index contributed by atoms with van der Waals surface area (Å²) in [5, 5.41) is 3.40. The molecule has 0 saturated carbocycles. The molecule has 0 radical (unpaired) electrons. The molecule has 1 heterocycles. The largest absolute Gasteiger partial charge is 0.370 e. The topological polar surface area (TPSA) is 28.2 Å². The highest BCUT2D eigenvalue weighted by Gasteiger charge is 2.05. The van der Waals surface area contributed by atoms with E-state index in [1.807, 2.05) is 6.20 Å². The minimum atomic E-state index is 0.473. The van der Waals surface area contributed by atoms with E-state index in [2.05, 4.69) is 79.4 Å². The maximum Gasteiger partial charge on any atom is 0.0562 e. The zero-order valence-electron chi connectivity index (χ0n) is 13.4. The van der Waals surface area contributed by atoms with E-state index in [0.29, 0.717) is 6.04 Å². The molecule has 1 N–H and O–H groups in total. The molecule has 1 aromatic heterocycles. The van der Waals surface area contributed by atoms with Crippen molar-refractivity contribution in [3.05, 3.63) is 59.4 Å². The van der Waals surface area contributed by atoms with Crippen LogP contribution < -0.4 is 10.2 Å². The Bertz CT molecular complexity index is 578. The number of nitrogens with zero attached hydrogens (tertiary/aromatic N) is 2. The van der Waals surface area contributed by atoms with Crippen LogP contribution in [0.2, 0.25) is 0 Å². The summed E-state index contributed by atoms with van der Waals surface area (Å²) in [6.45, 7) is 8.14. The van der Waals surface area contributed by atoms with Gasteiger partial charge in [0.2, 0.25) is 0 Å². The van der Waals surface area contributed by atoms with Crippen LogP contribution in [0.4, 0.5) is 5.69 Å². The molecule has 112 valence electrons. The molecule has 0 fully saturated rings. The zero-order chi connectivity index (χ0) is 15.2. The van der Waals surface area contributed by atoms with Crippen molar-refractivity contribution in [1.29, 1.82) is 0 Å². The standard InChI is InChI=1S/C18H25N3/c1-14(2)20-12-17-11-18(8-9-19-17)21(4)13-16-7-5-6-15(3)10-16/h5-11,14,20H,12-13H2,1-4H3. The van der Waals surface area contributed by atoms with E-state index in [-0.39, 0.29) is 0 Å². The average molecular weight is 283 g/mol. The number of aromatic nitrogens is 1. The second-order valence-corrected chi connectivity index (χ2v) is 5.89. The van der Waals surface area contributed by atoms with Gasteiger partial charge in [-0.2, -0.15) is 0 Å². The Hall–Kier alpha value is -1.87. The molecule has 3 nitrogen and oxygen atoms in total. The number of nitrogens with one attached hydrogen (secondary N) is 1. The van der Waals surface area contributed by atoms with Gasteiger partial charge in [-0.25, -0.2) is 0 Å². The van der Waals surface area contributed by atoms with E-state index in [9.17, 15) is 0 Å². The molecule has 0 unspecified atom stereocenters. The molecule has 0 aliphatic carbocycles. The highest BCUT2D eigenvalue weighted by atomic mass is 15.1. The fourth-order valence-corrected chi connectivity index (χ4v) is 2.28. The number of aryl methyl sites for hydroxylation is 1. The molecule has 0 bridgehead atoms. The van der Waals surface area contributed by atoms with E-state index in [1.165, 1.54) is 16.8 Å². The fraction of sp³-hybridized carbons (Fsp3) is 0.389. The summed E-state index contributed by atoms with van der Waals surface area (Å²) in [5.74, 6) is 0. The van der Waals surface area contributed by atoms with Crippen LogP contribution in [0.1, 0.15) is 30.7 Å². The summed E-state index contributed by atoms with van der Waals surface area (Å²) in [7, 11) is 2.12. The van der Waals surface area contributed by atoms with Crippen molar-refractivity contribution < 1.29 is 0 Å². The SMILES string of the molecule is Cc1cccc(CN(C)c2ccnc(CNC(C)C)c2)c1. The van der Waals surface area contributed by atoms with Gasteiger partial charge in [0, 0.05) is 38.1 Å². The number of hydrogen-bond donors (Lipinski definition) is 1. The number of rotatable bonds is 6. The van der Waals surface area contributed by atoms with Gasteiger partial charge in [-0.1, -0.05) is 43.7 Å². The number of pyridine rings is 1. The molecule has 0 saturated heterocycles. The minimum Gasteiger partial charge on any atom is -0.370 e. The third-order valence-electron chi connectivity index (χ3n) is 3.43. The Balaban J connectivity index is 2.05. The van der Waals surface area contributed by atoms with Crippen LogP contribution in [0.25, 0.3) is 0 Å². The maximum atomic E-state index is 4.43. The minimum absolute atomic E-state index is 0.473. The summed E-state index contributed by atoms with van der Waals surface area (Å²) in [6.07, 6.45) is 1.89. The summed E-state index contributed by atoms with van der Waals surface area (Å²) in [6, 6.07) is 13.3. The Morgan fingerprint density at radius 2 is 2.00 bits per heavy atom. The van der Waals surface area contributed by atoms with Crippen LogP contribution in [0.3, 0.4) is 0 Å². The average Bonchev–Trinajstić information content (AvgIpc) is 2.45. The second kappa shape index (κ2) is 7.23. The van der Waals surface area contributed by atoms with Crippen LogP contribution in [-0.4, -0.2) is 18.1 Å². The third-order valence-corrected chi connectivity index (χ3v) is 3.43. The molecule has 0 aliphatic heterocycles. The number of anilines is 1. The first-order chi connectivity index (χ1) is 10.0. The van der Waals surface area contributed by atoms with E-state index >= 15 is 0 Å². The lowest BCUT2D eigenvalue weighted by Gasteiger charge is -2.20. The van der Waals surface area contributed by atoms with Gasteiger partial charge >= 0.3 is 0 Å². The number of benzene rings is 1. The van der Waals surface area contributed by atoms with E-state index < -0.39 is 0 Å². The molecule has 2 aromatic rings. The van der Waals surface area contributed by atoms with E-state index in [0.717, 1.165) is 18.8 Å². The first kappa shape index (κ1) is 15.5. The van der Waals surface area contributed by atoms with Gasteiger partial charge in [-0.15, -0.1) is 0 Å². The molecule has 3 heteroatoms. The van der Waals surface area contributed by atoms with Gasteiger partial charge < -0.3 is 10.2 Å². The van der Waals surface area contributed by atoms with Crippen molar-refractivity contribution in [2.24, 2.45) is 0 Å². The van der Waals surface area contributed by atoms with Crippen molar-refractivity contribution in [2.45, 2.75) is 39.9 Å². The van der Waals surface area contributed by atoms with Crippen LogP contribution in [0.15, 0.2) is 42.6 Å². The Kier molecular flexibility index (Phi) is 5.34. The Labute approximate surface area is 128 Å². The lowest BCUT2D eigenvalue weighted by Crippen LogP contribution is -2.23. The summed E-state index contributed by atoms with van der Waals surface area (Å²) >= 11 is 0. The van der Waals surface area contributed by atoms with Crippen molar-refractivity contribution in [3.63, 3.8) is 0 Å². The number of hydrogen-bond acceptors (Lipinski definition) is 3. The molecule has 1 aromatic carbocycles. The molecule has 0 amide bonds. The van der Waals surface area contributed by atoms with Crippen LogP contribution in [-0.2, 0) is 13.1 Å². The molecule has 2 rings (SSSR count). The Morgan fingerprint density at radius 3 is 2.71 bits per heavy atom. The predicted octanol–water partition coefficient (Wildman–Crippen LogP) is 3.52. The second-order valence-electron chi connectivity index (χ2n) is 5.89. The molecule has 21 heavy (non-hydrogen) atoms. The van der Waals surface area contributed by atoms with Crippen LogP contribution in [0, 0.1) is 6.92 Å². The molecule has 0 atom stereocenters. The Morgan fingerprint density at radius 1 is 1.19 bits per heavy atom. The highest BCUT2D eigenvalue weighted by molar-refractivity contribution is 5.46. The summed E-state index contributed by atoms with van der Waals surface area (Å²) in [5.41, 5.74) is 4.91. The third kappa shape index (κ3) is 4.87. The molecular formula is C18H25N3. The van der Waals surface area contributed by atoms with Gasteiger partial charge in [0.15, 0.2) is 0 Å². The van der Waals surface area contributed by atoms with Crippen molar-refractivity contribution in [3.8, 4) is 0 Å². The maximum absolute atomic E-state index is 4.43. The highest BCUT2D eigenvalue weighted by Crippen LogP contribution is 2.16. The van der Waals surface area contributed by atoms with Crippen molar-refractivity contribution in [2.75, 3.05) is 11.9 Å². The lowest BCUT2D eigenvalue weighted by atomic mass is 10.1. The zero-order valence-corrected chi connectivity index (χ0v) is 13.4. The smallest absolute Gasteiger partial charge is 0.0562 e.